The quantitative estimate of drug-likeness (QED) is 0.829. The third kappa shape index (κ3) is 3.51. The molecule has 2 fully saturated rings. The maximum absolute atomic E-state index is 13.2. The van der Waals surface area contributed by atoms with E-state index < -0.39 is 0 Å². The van der Waals surface area contributed by atoms with E-state index in [2.05, 4.69) is 0 Å². The van der Waals surface area contributed by atoms with E-state index in [-0.39, 0.29) is 18.0 Å². The van der Waals surface area contributed by atoms with Crippen LogP contribution in [0.3, 0.4) is 0 Å². The minimum atomic E-state index is -0.268. The third-order valence-corrected chi connectivity index (χ3v) is 5.61. The van der Waals surface area contributed by atoms with Crippen molar-refractivity contribution >= 4 is 5.91 Å². The van der Waals surface area contributed by atoms with Crippen LogP contribution in [0.5, 0.6) is 0 Å². The van der Waals surface area contributed by atoms with Gasteiger partial charge < -0.3 is 18.9 Å². The first-order valence-electron chi connectivity index (χ1n) is 9.52. The Balaban J connectivity index is 1.49. The number of ether oxygens (including phenoxy) is 2. The number of nitrogens with zero attached hydrogens (tertiary/aromatic N) is 2. The fourth-order valence-corrected chi connectivity index (χ4v) is 4.16. The number of likely N-dealkylation sites (tertiary alicyclic amines) is 1. The smallest absolute Gasteiger partial charge is 0.255 e. The molecule has 3 heterocycles. The van der Waals surface area contributed by atoms with E-state index in [1.165, 1.54) is 12.1 Å². The predicted octanol–water partition coefficient (Wildman–Crippen LogP) is 3.46. The number of carbonyl (C=O) groups excluding carboxylic acids is 1. The molecule has 4 rings (SSSR count). The predicted molar refractivity (Wildman–Crippen MR) is 99.5 cm³/mol. The summed E-state index contributed by atoms with van der Waals surface area (Å²) in [6.07, 6.45) is 1.69. The number of aryl methyl sites for hydroxylation is 1. The van der Waals surface area contributed by atoms with Crippen molar-refractivity contribution in [1.29, 1.82) is 0 Å². The van der Waals surface area contributed by atoms with Crippen LogP contribution in [-0.2, 0) is 9.47 Å². The zero-order chi connectivity index (χ0) is 19.0. The molecular weight excluding hydrogens is 347 g/mol. The van der Waals surface area contributed by atoms with Crippen LogP contribution in [0.2, 0.25) is 0 Å². The van der Waals surface area contributed by atoms with Gasteiger partial charge in [0, 0.05) is 36.1 Å². The summed E-state index contributed by atoms with van der Waals surface area (Å²) in [6, 6.07) is 8.27. The monoisotopic (exact) mass is 372 g/mol. The van der Waals surface area contributed by atoms with Crippen LogP contribution in [0.4, 0.5) is 4.39 Å². The molecule has 0 atom stereocenters. The Morgan fingerprint density at radius 1 is 1.07 bits per heavy atom. The molecule has 144 valence electrons. The van der Waals surface area contributed by atoms with Gasteiger partial charge in [0.1, 0.15) is 5.82 Å². The molecule has 5 nitrogen and oxygen atoms in total. The molecule has 0 aliphatic carbocycles. The number of benzene rings is 1. The van der Waals surface area contributed by atoms with E-state index in [4.69, 9.17) is 9.47 Å². The van der Waals surface area contributed by atoms with Crippen molar-refractivity contribution in [3.8, 4) is 5.69 Å². The molecule has 1 aromatic carbocycles. The molecule has 2 aliphatic rings. The van der Waals surface area contributed by atoms with Crippen LogP contribution in [-0.4, -0.2) is 48.0 Å². The Labute approximate surface area is 158 Å². The SMILES string of the molecule is Cc1cc(C(=O)N2CCC(C3OCCO3)CC2)c(C)n1-c1ccc(F)cc1. The van der Waals surface area contributed by atoms with Gasteiger partial charge in [0.05, 0.1) is 18.8 Å². The molecule has 6 heteroatoms. The fourth-order valence-electron chi connectivity index (χ4n) is 4.16. The fraction of sp³-hybridized carbons (Fsp3) is 0.476. The van der Waals surface area contributed by atoms with E-state index in [0.717, 1.165) is 29.9 Å². The normalized spacial score (nSPS) is 19.0. The van der Waals surface area contributed by atoms with Gasteiger partial charge in [-0.25, -0.2) is 4.39 Å². The zero-order valence-corrected chi connectivity index (χ0v) is 15.8. The molecular formula is C21H25FN2O3. The van der Waals surface area contributed by atoms with E-state index in [9.17, 15) is 9.18 Å². The Kier molecular flexibility index (Phi) is 5.02. The maximum Gasteiger partial charge on any atom is 0.255 e. The van der Waals surface area contributed by atoms with E-state index in [1.807, 2.05) is 29.4 Å². The van der Waals surface area contributed by atoms with Gasteiger partial charge in [-0.15, -0.1) is 0 Å². The van der Waals surface area contributed by atoms with Crippen molar-refractivity contribution in [2.75, 3.05) is 26.3 Å². The second-order valence-electron chi connectivity index (χ2n) is 7.34. The first kappa shape index (κ1) is 18.2. The van der Waals surface area contributed by atoms with Crippen molar-refractivity contribution in [2.45, 2.75) is 33.0 Å². The first-order chi connectivity index (χ1) is 13.0. The number of hydrogen-bond acceptors (Lipinski definition) is 3. The number of hydrogen-bond donors (Lipinski definition) is 0. The molecule has 0 saturated carbocycles. The summed E-state index contributed by atoms with van der Waals surface area (Å²) in [5.74, 6) is 0.155. The summed E-state index contributed by atoms with van der Waals surface area (Å²) in [4.78, 5) is 15.0. The van der Waals surface area contributed by atoms with Crippen LogP contribution in [0.15, 0.2) is 30.3 Å². The highest BCUT2D eigenvalue weighted by Crippen LogP contribution is 2.28. The lowest BCUT2D eigenvalue weighted by Crippen LogP contribution is -2.41. The second-order valence-corrected chi connectivity index (χ2v) is 7.34. The largest absolute Gasteiger partial charge is 0.350 e. The molecule has 1 amide bonds. The van der Waals surface area contributed by atoms with Crippen molar-refractivity contribution in [2.24, 2.45) is 5.92 Å². The number of carbonyl (C=O) groups is 1. The van der Waals surface area contributed by atoms with Gasteiger partial charge in [-0.3, -0.25) is 4.79 Å². The van der Waals surface area contributed by atoms with Gasteiger partial charge in [0.25, 0.3) is 5.91 Å². The average molecular weight is 372 g/mol. The number of aromatic nitrogens is 1. The lowest BCUT2D eigenvalue weighted by Gasteiger charge is -2.33. The Morgan fingerprint density at radius 2 is 1.70 bits per heavy atom. The minimum Gasteiger partial charge on any atom is -0.350 e. The molecule has 2 saturated heterocycles. The highest BCUT2D eigenvalue weighted by molar-refractivity contribution is 5.96. The third-order valence-electron chi connectivity index (χ3n) is 5.61. The molecule has 27 heavy (non-hydrogen) atoms. The topological polar surface area (TPSA) is 43.7 Å². The van der Waals surface area contributed by atoms with Crippen molar-refractivity contribution in [3.05, 3.63) is 53.1 Å². The van der Waals surface area contributed by atoms with E-state index in [0.29, 0.717) is 37.8 Å². The summed E-state index contributed by atoms with van der Waals surface area (Å²) in [7, 11) is 0. The zero-order valence-electron chi connectivity index (χ0n) is 15.8. The molecule has 0 radical (unpaired) electrons. The minimum absolute atomic E-state index is 0.0585. The Bertz CT molecular complexity index is 817. The van der Waals surface area contributed by atoms with Gasteiger partial charge in [-0.2, -0.15) is 0 Å². The van der Waals surface area contributed by atoms with Crippen molar-refractivity contribution in [1.82, 2.24) is 9.47 Å². The maximum atomic E-state index is 13.2. The van der Waals surface area contributed by atoms with Gasteiger partial charge in [-0.1, -0.05) is 0 Å². The van der Waals surface area contributed by atoms with E-state index in [1.54, 1.807) is 12.1 Å². The molecule has 2 aromatic rings. The van der Waals surface area contributed by atoms with Gasteiger partial charge >= 0.3 is 0 Å². The van der Waals surface area contributed by atoms with Crippen LogP contribution in [0, 0.1) is 25.6 Å². The van der Waals surface area contributed by atoms with Crippen LogP contribution < -0.4 is 0 Å². The second kappa shape index (κ2) is 7.44. The highest BCUT2D eigenvalue weighted by atomic mass is 19.1. The molecule has 0 bridgehead atoms. The molecule has 2 aliphatic heterocycles. The van der Waals surface area contributed by atoms with Gasteiger partial charge in [-0.05, 0) is 57.0 Å². The van der Waals surface area contributed by atoms with Crippen LogP contribution in [0.25, 0.3) is 5.69 Å². The van der Waals surface area contributed by atoms with E-state index >= 15 is 0 Å². The Hall–Kier alpha value is -2.18. The van der Waals surface area contributed by atoms with Crippen molar-refractivity contribution < 1.29 is 18.7 Å². The molecule has 1 aromatic heterocycles. The van der Waals surface area contributed by atoms with Gasteiger partial charge in [0.15, 0.2) is 6.29 Å². The lowest BCUT2D eigenvalue weighted by molar-refractivity contribution is -0.0956. The molecule has 0 spiro atoms. The highest BCUT2D eigenvalue weighted by Gasteiger charge is 2.32. The van der Waals surface area contributed by atoms with Crippen LogP contribution in [0.1, 0.15) is 34.6 Å². The summed E-state index contributed by atoms with van der Waals surface area (Å²) in [6.45, 7) is 6.67. The summed E-state index contributed by atoms with van der Waals surface area (Å²) >= 11 is 0. The molecule has 0 unspecified atom stereocenters. The van der Waals surface area contributed by atoms with Crippen LogP contribution >= 0.6 is 0 Å². The van der Waals surface area contributed by atoms with Gasteiger partial charge in [0.2, 0.25) is 0 Å². The van der Waals surface area contributed by atoms with Crippen molar-refractivity contribution in [3.63, 3.8) is 0 Å². The number of piperidine rings is 1. The lowest BCUT2D eigenvalue weighted by atomic mass is 9.95. The average Bonchev–Trinajstić information content (AvgIpc) is 3.31. The summed E-state index contributed by atoms with van der Waals surface area (Å²) < 4.78 is 26.5. The first-order valence-corrected chi connectivity index (χ1v) is 9.52. The molecule has 0 N–H and O–H groups in total. The number of rotatable bonds is 3. The summed E-state index contributed by atoms with van der Waals surface area (Å²) in [5, 5.41) is 0. The Morgan fingerprint density at radius 3 is 2.33 bits per heavy atom. The standard InChI is InChI=1S/C21H25FN2O3/c1-14-13-19(15(2)24(14)18-5-3-17(22)4-6-18)20(25)23-9-7-16(8-10-23)21-26-11-12-27-21/h3-6,13,16,21H,7-12H2,1-2H3. The number of halogens is 1. The summed E-state index contributed by atoms with van der Waals surface area (Å²) in [5.41, 5.74) is 3.42. The number of amides is 1.